The fraction of sp³-hybridized carbons (Fsp3) is 0.714. The highest BCUT2D eigenvalue weighted by molar-refractivity contribution is 7.93. The molecule has 59 valence electrons. The second-order valence-corrected chi connectivity index (χ2v) is 4.10. The first-order chi connectivity index (χ1) is 4.62. The van der Waals surface area contributed by atoms with Gasteiger partial charge in [0.1, 0.15) is 0 Å². The molecule has 1 radical (unpaired) electrons. The third kappa shape index (κ3) is 4.56. The molecule has 0 aromatic rings. The third-order valence-electron chi connectivity index (χ3n) is 1.24. The Morgan fingerprint density at radius 3 is 2.40 bits per heavy atom. The van der Waals surface area contributed by atoms with Gasteiger partial charge in [-0.2, -0.15) is 0 Å². The third-order valence-corrected chi connectivity index (χ3v) is 2.50. The fourth-order valence-electron chi connectivity index (χ4n) is 0.614. The molecule has 0 aromatic carbocycles. The average Bonchev–Trinajstić information content (AvgIpc) is 1.89. The summed E-state index contributed by atoms with van der Waals surface area (Å²) in [4.78, 5) is 0. The van der Waals surface area contributed by atoms with Crippen LogP contribution in [0.2, 0.25) is 0 Å². The van der Waals surface area contributed by atoms with Crippen molar-refractivity contribution in [1.29, 1.82) is 0 Å². The maximum atomic E-state index is 10.7. The van der Waals surface area contributed by atoms with Crippen molar-refractivity contribution in [3.05, 3.63) is 12.0 Å². The lowest BCUT2D eigenvalue weighted by atomic mass is 10.3. The van der Waals surface area contributed by atoms with Crippen LogP contribution in [0.15, 0.2) is 6.58 Å². The van der Waals surface area contributed by atoms with Crippen molar-refractivity contribution in [1.82, 2.24) is 0 Å². The smallest absolute Gasteiger partial charge is 0.179 e. The van der Waals surface area contributed by atoms with E-state index in [1.807, 2.05) is 12.3 Å². The summed E-state index contributed by atoms with van der Waals surface area (Å²) in [6.45, 7) is 5.13. The van der Waals surface area contributed by atoms with Crippen LogP contribution in [-0.4, -0.2) is 14.2 Å². The predicted molar refractivity (Wildman–Crippen MR) is 42.2 cm³/mol. The van der Waals surface area contributed by atoms with Crippen LogP contribution in [0.4, 0.5) is 0 Å². The maximum Gasteiger partial charge on any atom is 0.179 e. The molecular weight excluding hydrogens is 148 g/mol. The highest BCUT2D eigenvalue weighted by Crippen LogP contribution is 1.99. The zero-order valence-corrected chi connectivity index (χ0v) is 7.08. The van der Waals surface area contributed by atoms with Crippen molar-refractivity contribution < 1.29 is 8.42 Å². The van der Waals surface area contributed by atoms with Gasteiger partial charge in [0.2, 0.25) is 0 Å². The van der Waals surface area contributed by atoms with Crippen molar-refractivity contribution in [2.45, 2.75) is 26.2 Å². The molecule has 0 aliphatic carbocycles. The monoisotopic (exact) mass is 161 g/mol. The molecule has 0 saturated heterocycles. The first-order valence-electron chi connectivity index (χ1n) is 3.39. The van der Waals surface area contributed by atoms with Gasteiger partial charge in [-0.1, -0.05) is 26.3 Å². The van der Waals surface area contributed by atoms with Crippen LogP contribution in [0.3, 0.4) is 0 Å². The molecule has 0 saturated carbocycles. The minimum atomic E-state index is -3.05. The van der Waals surface area contributed by atoms with Crippen molar-refractivity contribution in [3.8, 4) is 0 Å². The molecular formula is C7H13O2S. The lowest BCUT2D eigenvalue weighted by molar-refractivity contribution is 0.598. The molecule has 0 aromatic heterocycles. The summed E-state index contributed by atoms with van der Waals surface area (Å²) in [5, 5.41) is 2.02. The zero-order chi connectivity index (χ0) is 8.04. The zero-order valence-electron chi connectivity index (χ0n) is 6.26. The Morgan fingerprint density at radius 2 is 2.00 bits per heavy atom. The van der Waals surface area contributed by atoms with Crippen molar-refractivity contribution in [2.24, 2.45) is 0 Å². The summed E-state index contributed by atoms with van der Waals surface area (Å²) in [7, 11) is -3.05. The van der Waals surface area contributed by atoms with Crippen molar-refractivity contribution in [3.63, 3.8) is 0 Å². The van der Waals surface area contributed by atoms with Crippen LogP contribution in [0.25, 0.3) is 0 Å². The normalized spacial score (nSPS) is 11.3. The van der Waals surface area contributed by atoms with Crippen LogP contribution < -0.4 is 0 Å². The van der Waals surface area contributed by atoms with Crippen molar-refractivity contribution in [2.75, 3.05) is 5.75 Å². The predicted octanol–water partition coefficient (Wildman–Crippen LogP) is 1.54. The molecule has 0 fully saturated rings. The average molecular weight is 161 g/mol. The molecule has 0 atom stereocenters. The number of sulfone groups is 1. The van der Waals surface area contributed by atoms with Gasteiger partial charge in [0.05, 0.1) is 11.2 Å². The topological polar surface area (TPSA) is 34.1 Å². The number of hydrogen-bond donors (Lipinski definition) is 0. The van der Waals surface area contributed by atoms with E-state index in [4.69, 9.17) is 0 Å². The van der Waals surface area contributed by atoms with Gasteiger partial charge in [-0.15, -0.1) is 0 Å². The first kappa shape index (κ1) is 9.69. The van der Waals surface area contributed by atoms with Crippen LogP contribution in [0.1, 0.15) is 26.2 Å². The summed E-state index contributed by atoms with van der Waals surface area (Å²) in [6.07, 6.45) is 2.72. The van der Waals surface area contributed by atoms with E-state index in [0.717, 1.165) is 19.3 Å². The molecule has 0 N–H and O–H groups in total. The van der Waals surface area contributed by atoms with E-state index in [-0.39, 0.29) is 5.75 Å². The molecule has 0 aliphatic rings. The number of unbranched alkanes of at least 4 members (excludes halogenated alkanes) is 2. The second kappa shape index (κ2) is 4.50. The first-order valence-corrected chi connectivity index (χ1v) is 5.04. The van der Waals surface area contributed by atoms with E-state index in [1.54, 1.807) is 0 Å². The summed E-state index contributed by atoms with van der Waals surface area (Å²) in [5.74, 6) is 0.199. The number of rotatable bonds is 5. The van der Waals surface area contributed by atoms with E-state index in [9.17, 15) is 8.42 Å². The van der Waals surface area contributed by atoms with Crippen molar-refractivity contribution >= 4 is 9.84 Å². The Bertz CT molecular complexity index is 180. The Balaban J connectivity index is 3.59. The molecule has 3 heteroatoms. The summed E-state index contributed by atoms with van der Waals surface area (Å²) in [5.41, 5.74) is 0. The molecule has 0 aliphatic heterocycles. The van der Waals surface area contributed by atoms with Gasteiger partial charge >= 0.3 is 0 Å². The lowest BCUT2D eigenvalue weighted by Crippen LogP contribution is -2.01. The highest BCUT2D eigenvalue weighted by Gasteiger charge is 2.02. The van der Waals surface area contributed by atoms with Gasteiger partial charge in [-0.3, -0.25) is 0 Å². The van der Waals surface area contributed by atoms with Gasteiger partial charge in [0.15, 0.2) is 9.84 Å². The largest absolute Gasteiger partial charge is 0.224 e. The summed E-state index contributed by atoms with van der Waals surface area (Å²) >= 11 is 0. The van der Waals surface area contributed by atoms with Gasteiger partial charge in [-0.25, -0.2) is 8.42 Å². The van der Waals surface area contributed by atoms with E-state index in [0.29, 0.717) is 0 Å². The summed E-state index contributed by atoms with van der Waals surface area (Å²) in [6, 6.07) is 0. The maximum absolute atomic E-state index is 10.7. The minimum absolute atomic E-state index is 0.199. The second-order valence-electron chi connectivity index (χ2n) is 2.17. The van der Waals surface area contributed by atoms with Crippen LogP contribution in [0, 0.1) is 5.41 Å². The Hall–Kier alpha value is -0.310. The molecule has 10 heavy (non-hydrogen) atoms. The van der Waals surface area contributed by atoms with E-state index in [2.05, 4.69) is 6.58 Å². The van der Waals surface area contributed by atoms with Crippen LogP contribution >= 0.6 is 0 Å². The van der Waals surface area contributed by atoms with Crippen LogP contribution in [-0.2, 0) is 9.84 Å². The SMILES string of the molecule is C=[C]S(=O)(=O)CCCCC. The van der Waals surface area contributed by atoms with E-state index in [1.165, 1.54) is 0 Å². The molecule has 0 rings (SSSR count). The Labute approximate surface area is 62.9 Å². The highest BCUT2D eigenvalue weighted by atomic mass is 32.2. The molecule has 0 unspecified atom stereocenters. The lowest BCUT2D eigenvalue weighted by Gasteiger charge is -1.94. The fourth-order valence-corrected chi connectivity index (χ4v) is 1.34. The Morgan fingerprint density at radius 1 is 1.40 bits per heavy atom. The van der Waals surface area contributed by atoms with Gasteiger partial charge in [0, 0.05) is 0 Å². The summed E-state index contributed by atoms with van der Waals surface area (Å²) < 4.78 is 21.4. The van der Waals surface area contributed by atoms with Crippen LogP contribution in [0.5, 0.6) is 0 Å². The van der Waals surface area contributed by atoms with Gasteiger partial charge in [-0.05, 0) is 6.42 Å². The molecule has 0 bridgehead atoms. The van der Waals surface area contributed by atoms with Gasteiger partial charge in [0.25, 0.3) is 0 Å². The minimum Gasteiger partial charge on any atom is -0.224 e. The Kier molecular flexibility index (Phi) is 4.36. The molecule has 2 nitrogen and oxygen atoms in total. The number of hydrogen-bond acceptors (Lipinski definition) is 2. The van der Waals surface area contributed by atoms with Gasteiger partial charge < -0.3 is 0 Å². The molecule has 0 heterocycles. The molecule has 0 amide bonds. The quantitative estimate of drug-likeness (QED) is 0.573. The standard InChI is InChI=1S/C7H13O2S/c1-3-5-6-7-10(8,9)4-2/h2-3,5-7H2,1H3. The molecule has 0 spiro atoms. The van der Waals surface area contributed by atoms with E-state index < -0.39 is 9.84 Å². The van der Waals surface area contributed by atoms with E-state index >= 15 is 0 Å².